The van der Waals surface area contributed by atoms with Crippen LogP contribution in [0.15, 0.2) is 12.4 Å². The molecule has 0 amide bonds. The van der Waals surface area contributed by atoms with E-state index in [0.717, 1.165) is 69.6 Å². The number of rotatable bonds is 6. The highest BCUT2D eigenvalue weighted by Crippen LogP contribution is 2.34. The third kappa shape index (κ3) is 4.57. The van der Waals surface area contributed by atoms with Crippen molar-refractivity contribution >= 4 is 28.3 Å². The number of esters is 1. The van der Waals surface area contributed by atoms with E-state index in [0.29, 0.717) is 22.9 Å². The lowest BCUT2D eigenvalue weighted by Gasteiger charge is -2.34. The van der Waals surface area contributed by atoms with Crippen molar-refractivity contribution in [2.75, 3.05) is 62.2 Å². The summed E-state index contributed by atoms with van der Waals surface area (Å²) in [5.74, 6) is 0.536. The molecule has 0 N–H and O–H groups in total. The van der Waals surface area contributed by atoms with E-state index in [4.69, 9.17) is 9.72 Å². The van der Waals surface area contributed by atoms with Crippen LogP contribution in [0.2, 0.25) is 0 Å². The van der Waals surface area contributed by atoms with Crippen LogP contribution in [0, 0.1) is 0 Å². The van der Waals surface area contributed by atoms with Gasteiger partial charge in [0, 0.05) is 39.3 Å². The number of carbonyl (C=O) groups excluding carboxylic acids is 1. The third-order valence-electron chi connectivity index (χ3n) is 5.73. The second-order valence-electron chi connectivity index (χ2n) is 7.62. The summed E-state index contributed by atoms with van der Waals surface area (Å²) in [6.07, 6.45) is 7.09. The van der Waals surface area contributed by atoms with Crippen LogP contribution in [0.25, 0.3) is 11.4 Å². The van der Waals surface area contributed by atoms with Gasteiger partial charge in [0.2, 0.25) is 0 Å². The Morgan fingerprint density at radius 1 is 1.00 bits per heavy atom. The second kappa shape index (κ2) is 9.70. The minimum atomic E-state index is -0.338. The molecule has 0 aromatic carbocycles. The highest BCUT2D eigenvalue weighted by Gasteiger charge is 2.25. The molecule has 4 heterocycles. The van der Waals surface area contributed by atoms with Crippen molar-refractivity contribution in [3.05, 3.63) is 17.3 Å². The maximum Gasteiger partial charge on any atom is 0.350 e. The Balaban J connectivity index is 1.57. The smallest absolute Gasteiger partial charge is 0.350 e. The average molecular weight is 431 g/mol. The first kappa shape index (κ1) is 21.0. The Bertz CT molecular complexity index is 842. The Kier molecular flexibility index (Phi) is 6.79. The predicted octanol–water partition coefficient (Wildman–Crippen LogP) is 2.91. The van der Waals surface area contributed by atoms with Gasteiger partial charge in [-0.3, -0.25) is 0 Å². The lowest BCUT2D eigenvalue weighted by Crippen LogP contribution is -2.46. The number of carbonyl (C=O) groups is 1. The van der Waals surface area contributed by atoms with E-state index in [1.807, 2.05) is 6.92 Å². The van der Waals surface area contributed by atoms with Crippen LogP contribution in [0.4, 0.5) is 10.9 Å². The van der Waals surface area contributed by atoms with E-state index in [2.05, 4.69) is 31.6 Å². The first-order chi connectivity index (χ1) is 14.7. The minimum absolute atomic E-state index is 0.337. The molecule has 2 fully saturated rings. The molecule has 4 rings (SSSR count). The van der Waals surface area contributed by atoms with Crippen molar-refractivity contribution in [1.82, 2.24) is 19.9 Å². The van der Waals surface area contributed by atoms with Gasteiger partial charge in [-0.15, -0.1) is 0 Å². The molecule has 0 saturated carbocycles. The summed E-state index contributed by atoms with van der Waals surface area (Å²) in [5, 5.41) is 0.870. The first-order valence-corrected chi connectivity index (χ1v) is 11.7. The molecule has 2 saturated heterocycles. The number of aromatic nitrogens is 3. The van der Waals surface area contributed by atoms with E-state index in [1.54, 1.807) is 12.4 Å². The Morgan fingerprint density at radius 2 is 1.77 bits per heavy atom. The summed E-state index contributed by atoms with van der Waals surface area (Å²) in [7, 11) is 0. The van der Waals surface area contributed by atoms with Crippen LogP contribution in [0.5, 0.6) is 0 Å². The molecule has 0 bridgehead atoms. The lowest BCUT2D eigenvalue weighted by atomic mass is 10.1. The van der Waals surface area contributed by atoms with Gasteiger partial charge in [-0.1, -0.05) is 18.3 Å². The number of likely N-dealkylation sites (N-methyl/N-ethyl adjacent to an activating group) is 1. The van der Waals surface area contributed by atoms with Crippen LogP contribution in [-0.4, -0.2) is 78.2 Å². The number of hydrogen-bond donors (Lipinski definition) is 0. The standard InChI is InChI=1S/C21H30N6O2S/c1-3-25-10-12-26(13-11-25)17-15-22-16(14-23-17)18-19(20(28)29-4-2)30-21(24-18)27-8-6-5-7-9-27/h14-15H,3-13H2,1-2H3. The van der Waals surface area contributed by atoms with E-state index in [9.17, 15) is 4.79 Å². The van der Waals surface area contributed by atoms with Crippen molar-refractivity contribution in [2.45, 2.75) is 33.1 Å². The first-order valence-electron chi connectivity index (χ1n) is 10.9. The van der Waals surface area contributed by atoms with Crippen LogP contribution >= 0.6 is 11.3 Å². The molecule has 2 aliphatic heterocycles. The van der Waals surface area contributed by atoms with Crippen LogP contribution in [0.1, 0.15) is 42.8 Å². The molecule has 0 spiro atoms. The molecule has 0 radical (unpaired) electrons. The molecule has 2 aromatic rings. The van der Waals surface area contributed by atoms with Crippen molar-refractivity contribution < 1.29 is 9.53 Å². The van der Waals surface area contributed by atoms with Gasteiger partial charge in [0.1, 0.15) is 22.1 Å². The lowest BCUT2D eigenvalue weighted by molar-refractivity contribution is 0.0532. The number of hydrogen-bond acceptors (Lipinski definition) is 9. The fourth-order valence-electron chi connectivity index (χ4n) is 3.94. The van der Waals surface area contributed by atoms with E-state index in [1.165, 1.54) is 17.8 Å². The van der Waals surface area contributed by atoms with Gasteiger partial charge in [-0.2, -0.15) is 0 Å². The normalized spacial score (nSPS) is 17.9. The molecule has 2 aliphatic rings. The fourth-order valence-corrected chi connectivity index (χ4v) is 4.96. The molecule has 0 unspecified atom stereocenters. The number of piperazine rings is 1. The highest BCUT2D eigenvalue weighted by molar-refractivity contribution is 7.17. The maximum atomic E-state index is 12.6. The molecular weight excluding hydrogens is 400 g/mol. The zero-order valence-corrected chi connectivity index (χ0v) is 18.7. The van der Waals surface area contributed by atoms with Crippen LogP contribution in [0.3, 0.4) is 0 Å². The Hall–Kier alpha value is -2.26. The largest absolute Gasteiger partial charge is 0.462 e. The fraction of sp³-hybridized carbons (Fsp3) is 0.619. The maximum absolute atomic E-state index is 12.6. The third-order valence-corrected chi connectivity index (χ3v) is 6.82. The van der Waals surface area contributed by atoms with Crippen LogP contribution in [-0.2, 0) is 4.74 Å². The number of thiazole rings is 1. The average Bonchev–Trinajstić information content (AvgIpc) is 3.26. The summed E-state index contributed by atoms with van der Waals surface area (Å²) in [6, 6.07) is 0. The number of ether oxygens (including phenoxy) is 1. The number of piperidine rings is 1. The van der Waals surface area contributed by atoms with Gasteiger partial charge in [0.05, 0.1) is 19.0 Å². The summed E-state index contributed by atoms with van der Waals surface area (Å²) in [5.41, 5.74) is 1.20. The Labute approximate surface area is 181 Å². The molecule has 30 heavy (non-hydrogen) atoms. The monoisotopic (exact) mass is 430 g/mol. The van der Waals surface area contributed by atoms with E-state index < -0.39 is 0 Å². The Morgan fingerprint density at radius 3 is 2.40 bits per heavy atom. The van der Waals surface area contributed by atoms with Crippen molar-refractivity contribution in [1.29, 1.82) is 0 Å². The minimum Gasteiger partial charge on any atom is -0.462 e. The number of nitrogens with zero attached hydrogens (tertiary/aromatic N) is 6. The van der Waals surface area contributed by atoms with E-state index in [-0.39, 0.29) is 5.97 Å². The van der Waals surface area contributed by atoms with E-state index >= 15 is 0 Å². The second-order valence-corrected chi connectivity index (χ2v) is 8.60. The predicted molar refractivity (Wildman–Crippen MR) is 119 cm³/mol. The molecule has 2 aromatic heterocycles. The SMILES string of the molecule is CCOC(=O)c1sc(N2CCCCC2)nc1-c1cnc(N2CCN(CC)CC2)cn1. The molecular formula is C21H30N6O2S. The zero-order chi connectivity index (χ0) is 20.9. The molecule has 0 atom stereocenters. The van der Waals surface area contributed by atoms with Crippen molar-refractivity contribution in [2.24, 2.45) is 0 Å². The zero-order valence-electron chi connectivity index (χ0n) is 17.8. The summed E-state index contributed by atoms with van der Waals surface area (Å²) < 4.78 is 5.28. The van der Waals surface area contributed by atoms with Crippen LogP contribution < -0.4 is 9.80 Å². The van der Waals surface area contributed by atoms with Gasteiger partial charge in [0.25, 0.3) is 0 Å². The summed E-state index contributed by atoms with van der Waals surface area (Å²) >= 11 is 1.40. The van der Waals surface area contributed by atoms with Crippen molar-refractivity contribution in [3.8, 4) is 11.4 Å². The summed E-state index contributed by atoms with van der Waals surface area (Å²) in [6.45, 7) is 11.4. The topological polar surface area (TPSA) is 74.7 Å². The van der Waals surface area contributed by atoms with Gasteiger partial charge < -0.3 is 19.4 Å². The molecule has 0 aliphatic carbocycles. The molecule has 8 nitrogen and oxygen atoms in total. The van der Waals surface area contributed by atoms with Gasteiger partial charge >= 0.3 is 5.97 Å². The quantitative estimate of drug-likeness (QED) is 0.648. The highest BCUT2D eigenvalue weighted by atomic mass is 32.1. The van der Waals surface area contributed by atoms with Gasteiger partial charge in [0.15, 0.2) is 5.13 Å². The number of anilines is 2. The van der Waals surface area contributed by atoms with Gasteiger partial charge in [-0.05, 0) is 32.7 Å². The molecule has 162 valence electrons. The van der Waals surface area contributed by atoms with Crippen molar-refractivity contribution in [3.63, 3.8) is 0 Å². The van der Waals surface area contributed by atoms with Gasteiger partial charge in [-0.25, -0.2) is 19.7 Å². The molecule has 9 heteroatoms. The summed E-state index contributed by atoms with van der Waals surface area (Å²) in [4.78, 5) is 34.1.